The highest BCUT2D eigenvalue weighted by atomic mass is 16.4. The zero-order chi connectivity index (χ0) is 20.0. The molecule has 0 spiro atoms. The van der Waals surface area contributed by atoms with E-state index in [-0.39, 0.29) is 6.42 Å². The van der Waals surface area contributed by atoms with Crippen LogP contribution in [0, 0.1) is 5.92 Å². The molecular formula is C21H41NO4. The molecule has 0 amide bonds. The van der Waals surface area contributed by atoms with E-state index in [4.69, 9.17) is 0 Å². The predicted octanol–water partition coefficient (Wildman–Crippen LogP) is 2.26. The van der Waals surface area contributed by atoms with Crippen LogP contribution in [0.15, 0.2) is 12.2 Å². The number of nitrogens with zero attached hydrogens (tertiary/aromatic N) is 1. The summed E-state index contributed by atoms with van der Waals surface area (Å²) in [5, 5.41) is 31.5. The van der Waals surface area contributed by atoms with Gasteiger partial charge in [-0.25, -0.2) is 0 Å². The van der Waals surface area contributed by atoms with Crippen LogP contribution in [0.3, 0.4) is 0 Å². The molecule has 154 valence electrons. The van der Waals surface area contributed by atoms with Gasteiger partial charge in [-0.3, -0.25) is 0 Å². The van der Waals surface area contributed by atoms with Crippen LogP contribution in [-0.4, -0.2) is 60.6 Å². The smallest absolute Gasteiger partial charge is 0.111 e. The van der Waals surface area contributed by atoms with Crippen molar-refractivity contribution in [2.24, 2.45) is 5.92 Å². The van der Waals surface area contributed by atoms with Gasteiger partial charge in [-0.2, -0.15) is 0 Å². The van der Waals surface area contributed by atoms with Gasteiger partial charge >= 0.3 is 0 Å². The molecular weight excluding hydrogens is 330 g/mol. The van der Waals surface area contributed by atoms with Gasteiger partial charge in [-0.1, -0.05) is 44.8 Å². The van der Waals surface area contributed by atoms with Gasteiger partial charge in [-0.15, -0.1) is 0 Å². The highest BCUT2D eigenvalue weighted by Crippen LogP contribution is 2.18. The highest BCUT2D eigenvalue weighted by molar-refractivity contribution is 5.68. The van der Waals surface area contributed by atoms with E-state index in [0.717, 1.165) is 32.1 Å². The van der Waals surface area contributed by atoms with Crippen LogP contribution < -0.4 is 5.11 Å². The maximum absolute atomic E-state index is 11.3. The quantitative estimate of drug-likeness (QED) is 0.248. The van der Waals surface area contributed by atoms with Crippen molar-refractivity contribution in [2.45, 2.75) is 83.3 Å². The van der Waals surface area contributed by atoms with Crippen molar-refractivity contribution in [1.82, 2.24) is 0 Å². The molecule has 0 saturated carbocycles. The largest absolute Gasteiger partial charge is 0.550 e. The summed E-state index contributed by atoms with van der Waals surface area (Å²) >= 11 is 0. The van der Waals surface area contributed by atoms with E-state index in [1.807, 2.05) is 21.1 Å². The maximum atomic E-state index is 11.3. The topological polar surface area (TPSA) is 80.6 Å². The fourth-order valence-electron chi connectivity index (χ4n) is 3.05. The average molecular weight is 372 g/mol. The zero-order valence-electron chi connectivity index (χ0n) is 17.3. The number of carbonyl (C=O) groups is 1. The second kappa shape index (κ2) is 14.2. The Hall–Kier alpha value is -0.910. The molecule has 26 heavy (non-hydrogen) atoms. The fourth-order valence-corrected chi connectivity index (χ4v) is 3.05. The van der Waals surface area contributed by atoms with Crippen LogP contribution >= 0.6 is 0 Å². The molecule has 0 heterocycles. The van der Waals surface area contributed by atoms with Gasteiger partial charge in [0.1, 0.15) is 12.6 Å². The second-order valence-corrected chi connectivity index (χ2v) is 8.45. The number of rotatable bonds is 16. The van der Waals surface area contributed by atoms with Gasteiger partial charge in [0.15, 0.2) is 0 Å². The van der Waals surface area contributed by atoms with E-state index in [1.54, 1.807) is 0 Å². The number of carboxylic acid groups (broad SMARTS) is 1. The molecule has 0 aliphatic heterocycles. The molecule has 0 rings (SSSR count). The summed E-state index contributed by atoms with van der Waals surface area (Å²) in [5.41, 5.74) is 0. The molecule has 0 aromatic carbocycles. The summed E-state index contributed by atoms with van der Waals surface area (Å²) in [6, 6.07) is 0. The zero-order valence-corrected chi connectivity index (χ0v) is 17.3. The van der Waals surface area contributed by atoms with Crippen molar-refractivity contribution in [3.05, 3.63) is 12.2 Å². The van der Waals surface area contributed by atoms with Crippen molar-refractivity contribution < 1.29 is 24.6 Å². The molecule has 0 radical (unpaired) electrons. The summed E-state index contributed by atoms with van der Waals surface area (Å²) < 4.78 is 0.486. The summed E-state index contributed by atoms with van der Waals surface area (Å²) in [5.74, 6) is -2.15. The number of aliphatic hydroxyl groups excluding tert-OH is 2. The van der Waals surface area contributed by atoms with Crippen molar-refractivity contribution in [2.75, 3.05) is 27.7 Å². The number of quaternary nitrogens is 1. The number of likely N-dealkylation sites (N-methyl/N-ethyl adjacent to an activating group) is 1. The third-order valence-electron chi connectivity index (χ3n) is 4.61. The van der Waals surface area contributed by atoms with Crippen LogP contribution in [-0.2, 0) is 4.79 Å². The van der Waals surface area contributed by atoms with E-state index in [1.165, 1.54) is 12.8 Å². The van der Waals surface area contributed by atoms with Crippen molar-refractivity contribution in [3.8, 4) is 0 Å². The van der Waals surface area contributed by atoms with E-state index >= 15 is 0 Å². The first-order chi connectivity index (χ1) is 12.2. The molecule has 3 atom stereocenters. The predicted molar refractivity (Wildman–Crippen MR) is 104 cm³/mol. The van der Waals surface area contributed by atoms with Gasteiger partial charge in [-0.05, 0) is 38.5 Å². The Kier molecular flexibility index (Phi) is 13.7. The van der Waals surface area contributed by atoms with E-state index in [2.05, 4.69) is 19.1 Å². The first-order valence-electron chi connectivity index (χ1n) is 10.2. The van der Waals surface area contributed by atoms with Crippen LogP contribution in [0.1, 0.15) is 71.1 Å². The number of unbranched alkanes of at least 4 members (excludes halogenated alkanes) is 5. The molecule has 0 saturated heterocycles. The lowest BCUT2D eigenvalue weighted by molar-refractivity contribution is -0.874. The van der Waals surface area contributed by atoms with E-state index in [9.17, 15) is 20.1 Å². The lowest BCUT2D eigenvalue weighted by atomic mass is 9.93. The number of carboxylic acids is 1. The number of aliphatic hydroxyl groups is 2. The van der Waals surface area contributed by atoms with Crippen LogP contribution in [0.25, 0.3) is 0 Å². The third kappa shape index (κ3) is 14.3. The van der Waals surface area contributed by atoms with Gasteiger partial charge in [0, 0.05) is 11.9 Å². The van der Waals surface area contributed by atoms with E-state index in [0.29, 0.717) is 23.9 Å². The van der Waals surface area contributed by atoms with Gasteiger partial charge in [0.25, 0.3) is 0 Å². The van der Waals surface area contributed by atoms with Crippen molar-refractivity contribution in [3.63, 3.8) is 0 Å². The summed E-state index contributed by atoms with van der Waals surface area (Å²) in [4.78, 5) is 11.3. The Bertz CT molecular complexity index is 390. The monoisotopic (exact) mass is 371 g/mol. The third-order valence-corrected chi connectivity index (χ3v) is 4.61. The summed E-state index contributed by atoms with van der Waals surface area (Å²) in [7, 11) is 5.72. The molecule has 0 aromatic rings. The highest BCUT2D eigenvalue weighted by Gasteiger charge is 2.26. The first-order valence-corrected chi connectivity index (χ1v) is 10.2. The van der Waals surface area contributed by atoms with Crippen LogP contribution in [0.4, 0.5) is 0 Å². The van der Waals surface area contributed by atoms with Gasteiger partial charge < -0.3 is 24.6 Å². The minimum atomic E-state index is -1.23. The molecule has 0 fully saturated rings. The number of allylic oxidation sites excluding steroid dienone is 2. The molecule has 2 N–H and O–H groups in total. The normalized spacial score (nSPS) is 15.9. The average Bonchev–Trinajstić information content (AvgIpc) is 2.51. The van der Waals surface area contributed by atoms with Crippen LogP contribution in [0.5, 0.6) is 0 Å². The maximum Gasteiger partial charge on any atom is 0.111 e. The number of aliphatic carboxylic acids is 1. The number of hydrogen-bond acceptors (Lipinski definition) is 4. The molecule has 5 heteroatoms. The summed E-state index contributed by atoms with van der Waals surface area (Å²) in [6.45, 7) is 2.54. The van der Waals surface area contributed by atoms with Crippen molar-refractivity contribution >= 4 is 5.97 Å². The second-order valence-electron chi connectivity index (χ2n) is 8.45. The lowest BCUT2D eigenvalue weighted by Gasteiger charge is -2.31. The Morgan fingerprint density at radius 2 is 1.58 bits per heavy atom. The molecule has 0 aromatic heterocycles. The molecule has 0 aliphatic carbocycles. The standard InChI is InChI=1S/C21H41NO4/c1-5-6-7-8-9-10-11-12-13-14-18(23)15-16-19(21(25)26)20(24)17-22(2,3)4/h8-9,18-20,23-24H,5-7,10-17H2,1-4H3/b9-8-. The first kappa shape index (κ1) is 25.1. The molecule has 0 bridgehead atoms. The van der Waals surface area contributed by atoms with Crippen molar-refractivity contribution in [1.29, 1.82) is 0 Å². The minimum Gasteiger partial charge on any atom is -0.550 e. The molecule has 3 unspecified atom stereocenters. The number of hydrogen-bond donors (Lipinski definition) is 2. The fraction of sp³-hybridized carbons (Fsp3) is 0.857. The Balaban J connectivity index is 3.94. The van der Waals surface area contributed by atoms with Gasteiger partial charge in [0.05, 0.1) is 27.2 Å². The lowest BCUT2D eigenvalue weighted by Crippen LogP contribution is -2.48. The Labute approximate surface area is 160 Å². The SMILES string of the molecule is CCCC/C=C\CCCCCC(O)CCC(C(=O)[O-])C(O)C[N+](C)(C)C. The molecule has 0 aliphatic rings. The van der Waals surface area contributed by atoms with E-state index < -0.39 is 24.1 Å². The van der Waals surface area contributed by atoms with Crippen LogP contribution in [0.2, 0.25) is 0 Å². The Morgan fingerprint density at radius 3 is 2.12 bits per heavy atom. The number of carbonyl (C=O) groups excluding carboxylic acids is 1. The minimum absolute atomic E-state index is 0.255. The Morgan fingerprint density at radius 1 is 0.962 bits per heavy atom. The molecule has 5 nitrogen and oxygen atoms in total. The summed E-state index contributed by atoms with van der Waals surface area (Å²) in [6.07, 6.45) is 12.2. The van der Waals surface area contributed by atoms with Gasteiger partial charge in [0.2, 0.25) is 0 Å².